The van der Waals surface area contributed by atoms with Crippen LogP contribution in [-0.2, 0) is 4.74 Å². The van der Waals surface area contributed by atoms with E-state index >= 15 is 0 Å². The smallest absolute Gasteiger partial charge is 0.0966 e. The predicted octanol–water partition coefficient (Wildman–Crippen LogP) is 2.57. The Bertz CT molecular complexity index is 210. The summed E-state index contributed by atoms with van der Waals surface area (Å²) in [6, 6.07) is 5.88. The Kier molecular flexibility index (Phi) is 3.74. The molecule has 0 fully saturated rings. The van der Waals surface area contributed by atoms with E-state index in [4.69, 9.17) is 4.74 Å². The first-order valence-corrected chi connectivity index (χ1v) is 4.37. The highest BCUT2D eigenvalue weighted by Crippen LogP contribution is 2.12. The van der Waals surface area contributed by atoms with Crippen LogP contribution in [-0.4, -0.2) is 11.6 Å². The van der Waals surface area contributed by atoms with Crippen LogP contribution >= 0.6 is 0 Å². The number of pyridine rings is 1. The van der Waals surface area contributed by atoms with Gasteiger partial charge in [0.15, 0.2) is 0 Å². The summed E-state index contributed by atoms with van der Waals surface area (Å²) in [6.45, 7) is 4.93. The van der Waals surface area contributed by atoms with Crippen LogP contribution in [0.3, 0.4) is 0 Å². The van der Waals surface area contributed by atoms with Gasteiger partial charge >= 0.3 is 0 Å². The Hall–Kier alpha value is -0.890. The highest BCUT2D eigenvalue weighted by Gasteiger charge is 2.04. The van der Waals surface area contributed by atoms with E-state index < -0.39 is 0 Å². The molecule has 0 N–H and O–H groups in total. The van der Waals surface area contributed by atoms with E-state index in [0.717, 1.165) is 18.7 Å². The Morgan fingerprint density at radius 2 is 2.33 bits per heavy atom. The van der Waals surface area contributed by atoms with Crippen molar-refractivity contribution in [3.8, 4) is 0 Å². The van der Waals surface area contributed by atoms with Crippen molar-refractivity contribution < 1.29 is 4.74 Å². The molecular formula is C10H15NO. The van der Waals surface area contributed by atoms with Gasteiger partial charge in [0.1, 0.15) is 0 Å². The Labute approximate surface area is 73.6 Å². The molecule has 1 aromatic heterocycles. The number of ether oxygens (including phenoxy) is 1. The molecule has 12 heavy (non-hydrogen) atoms. The van der Waals surface area contributed by atoms with Crippen LogP contribution in [0.25, 0.3) is 0 Å². The van der Waals surface area contributed by atoms with Gasteiger partial charge in [-0.15, -0.1) is 0 Å². The summed E-state index contributed by atoms with van der Waals surface area (Å²) in [7, 11) is 0. The van der Waals surface area contributed by atoms with E-state index in [2.05, 4.69) is 11.9 Å². The van der Waals surface area contributed by atoms with Crippen LogP contribution in [0.4, 0.5) is 0 Å². The van der Waals surface area contributed by atoms with Crippen molar-refractivity contribution in [2.24, 2.45) is 0 Å². The predicted molar refractivity (Wildman–Crippen MR) is 48.9 cm³/mol. The molecule has 0 saturated heterocycles. The van der Waals surface area contributed by atoms with E-state index in [-0.39, 0.29) is 6.10 Å². The minimum Gasteiger partial charge on any atom is -0.372 e. The average Bonchev–Trinajstić information content (AvgIpc) is 2.15. The van der Waals surface area contributed by atoms with Gasteiger partial charge in [-0.05, 0) is 25.5 Å². The first-order chi connectivity index (χ1) is 5.84. The maximum absolute atomic E-state index is 5.51. The van der Waals surface area contributed by atoms with Crippen molar-refractivity contribution in [3.63, 3.8) is 0 Å². The van der Waals surface area contributed by atoms with Crippen LogP contribution in [0.5, 0.6) is 0 Å². The van der Waals surface area contributed by atoms with Crippen molar-refractivity contribution >= 4 is 0 Å². The van der Waals surface area contributed by atoms with Crippen molar-refractivity contribution in [3.05, 3.63) is 30.1 Å². The molecule has 0 aromatic carbocycles. The van der Waals surface area contributed by atoms with Crippen LogP contribution in [0, 0.1) is 0 Å². The molecule has 0 aliphatic heterocycles. The Balaban J connectivity index is 2.48. The van der Waals surface area contributed by atoms with Crippen molar-refractivity contribution in [1.82, 2.24) is 4.98 Å². The van der Waals surface area contributed by atoms with Gasteiger partial charge in [0.2, 0.25) is 0 Å². The first-order valence-electron chi connectivity index (χ1n) is 4.37. The number of nitrogens with zero attached hydrogens (tertiary/aromatic N) is 1. The molecule has 1 rings (SSSR count). The number of hydrogen-bond acceptors (Lipinski definition) is 2. The van der Waals surface area contributed by atoms with Gasteiger partial charge in [-0.3, -0.25) is 4.98 Å². The van der Waals surface area contributed by atoms with Crippen molar-refractivity contribution in [2.75, 3.05) is 6.61 Å². The minimum absolute atomic E-state index is 0.117. The molecular weight excluding hydrogens is 150 g/mol. The average molecular weight is 165 g/mol. The standard InChI is InChI=1S/C10H15NO/c1-3-8-12-9(2)10-6-4-5-7-11-10/h4-7,9H,3,8H2,1-2H3. The molecule has 2 heteroatoms. The molecule has 0 amide bonds. The molecule has 0 saturated carbocycles. The number of aromatic nitrogens is 1. The summed E-state index contributed by atoms with van der Waals surface area (Å²) in [4.78, 5) is 4.21. The Morgan fingerprint density at radius 1 is 1.50 bits per heavy atom. The topological polar surface area (TPSA) is 22.1 Å². The van der Waals surface area contributed by atoms with Crippen LogP contribution in [0.1, 0.15) is 32.1 Å². The number of rotatable bonds is 4. The van der Waals surface area contributed by atoms with E-state index in [1.165, 1.54) is 0 Å². The van der Waals surface area contributed by atoms with E-state index in [1.54, 1.807) is 6.20 Å². The second-order valence-corrected chi connectivity index (χ2v) is 2.77. The summed E-state index contributed by atoms with van der Waals surface area (Å²) in [5.74, 6) is 0. The second kappa shape index (κ2) is 4.88. The quantitative estimate of drug-likeness (QED) is 0.684. The van der Waals surface area contributed by atoms with Crippen molar-refractivity contribution in [1.29, 1.82) is 0 Å². The molecule has 66 valence electrons. The van der Waals surface area contributed by atoms with Crippen molar-refractivity contribution in [2.45, 2.75) is 26.4 Å². The highest BCUT2D eigenvalue weighted by molar-refractivity contribution is 5.05. The molecule has 1 atom stereocenters. The zero-order chi connectivity index (χ0) is 8.81. The normalized spacial score (nSPS) is 12.8. The fraction of sp³-hybridized carbons (Fsp3) is 0.500. The van der Waals surface area contributed by atoms with Gasteiger partial charge in [-0.2, -0.15) is 0 Å². The van der Waals surface area contributed by atoms with Crippen LogP contribution in [0.15, 0.2) is 24.4 Å². The summed E-state index contributed by atoms with van der Waals surface area (Å²) >= 11 is 0. The highest BCUT2D eigenvalue weighted by atomic mass is 16.5. The van der Waals surface area contributed by atoms with E-state index in [1.807, 2.05) is 25.1 Å². The third-order valence-corrected chi connectivity index (χ3v) is 1.68. The molecule has 1 heterocycles. The molecule has 0 bridgehead atoms. The fourth-order valence-corrected chi connectivity index (χ4v) is 0.996. The zero-order valence-corrected chi connectivity index (χ0v) is 7.66. The van der Waals surface area contributed by atoms with Crippen LogP contribution in [0.2, 0.25) is 0 Å². The lowest BCUT2D eigenvalue weighted by atomic mass is 10.2. The molecule has 1 aromatic rings. The minimum atomic E-state index is 0.117. The second-order valence-electron chi connectivity index (χ2n) is 2.77. The zero-order valence-electron chi connectivity index (χ0n) is 7.66. The lowest BCUT2D eigenvalue weighted by Gasteiger charge is -2.10. The molecule has 0 radical (unpaired) electrons. The number of hydrogen-bond donors (Lipinski definition) is 0. The maximum atomic E-state index is 5.51. The fourth-order valence-electron chi connectivity index (χ4n) is 0.996. The van der Waals surface area contributed by atoms with Gasteiger partial charge in [0.25, 0.3) is 0 Å². The van der Waals surface area contributed by atoms with Gasteiger partial charge in [-0.25, -0.2) is 0 Å². The summed E-state index contributed by atoms with van der Waals surface area (Å²) in [5.41, 5.74) is 1.01. The molecule has 1 unspecified atom stereocenters. The molecule has 0 aliphatic carbocycles. The SMILES string of the molecule is CCCOC(C)c1ccccn1. The lowest BCUT2D eigenvalue weighted by molar-refractivity contribution is 0.0634. The summed E-state index contributed by atoms with van der Waals surface area (Å²) < 4.78 is 5.51. The Morgan fingerprint density at radius 3 is 2.92 bits per heavy atom. The molecule has 0 aliphatic rings. The first kappa shape index (κ1) is 9.20. The lowest BCUT2D eigenvalue weighted by Crippen LogP contribution is -2.02. The third-order valence-electron chi connectivity index (χ3n) is 1.68. The van der Waals surface area contributed by atoms with Gasteiger partial charge < -0.3 is 4.74 Å². The van der Waals surface area contributed by atoms with Gasteiger partial charge in [0.05, 0.1) is 11.8 Å². The van der Waals surface area contributed by atoms with Gasteiger partial charge in [-0.1, -0.05) is 13.0 Å². The maximum Gasteiger partial charge on any atom is 0.0966 e. The molecule has 2 nitrogen and oxygen atoms in total. The van der Waals surface area contributed by atoms with E-state index in [0.29, 0.717) is 0 Å². The summed E-state index contributed by atoms with van der Waals surface area (Å²) in [5, 5.41) is 0. The van der Waals surface area contributed by atoms with E-state index in [9.17, 15) is 0 Å². The summed E-state index contributed by atoms with van der Waals surface area (Å²) in [6.07, 6.45) is 2.96. The monoisotopic (exact) mass is 165 g/mol. The van der Waals surface area contributed by atoms with Gasteiger partial charge in [0, 0.05) is 12.8 Å². The molecule has 0 spiro atoms. The third kappa shape index (κ3) is 2.62. The van der Waals surface area contributed by atoms with Crippen LogP contribution < -0.4 is 0 Å². The largest absolute Gasteiger partial charge is 0.372 e.